The van der Waals surface area contributed by atoms with Crippen LogP contribution in [-0.2, 0) is 0 Å². The smallest absolute Gasteiger partial charge is 0.161 e. The number of benzene rings is 7. The second-order valence-electron chi connectivity index (χ2n) is 17.5. The van der Waals surface area contributed by atoms with Crippen LogP contribution in [0.5, 0.6) is 23.0 Å². The highest BCUT2D eigenvalue weighted by Crippen LogP contribution is 2.62. The molecule has 0 saturated heterocycles. The molecular weight excluding hydrogens is 969 g/mol. The molecule has 7 aromatic carbocycles. The van der Waals surface area contributed by atoms with Gasteiger partial charge in [0.2, 0.25) is 0 Å². The van der Waals surface area contributed by atoms with E-state index in [9.17, 15) is 0 Å². The van der Waals surface area contributed by atoms with Crippen molar-refractivity contribution < 1.29 is 18.9 Å². The Morgan fingerprint density at radius 3 is 0.788 bits per heavy atom. The van der Waals surface area contributed by atoms with Crippen molar-refractivity contribution in [1.29, 1.82) is 0 Å². The second kappa shape index (κ2) is 16.2. The van der Waals surface area contributed by atoms with Crippen LogP contribution >= 0.6 is 94.1 Å². The Bertz CT molecular complexity index is 3120. The van der Waals surface area contributed by atoms with Gasteiger partial charge in [-0.25, -0.2) is 0 Å². The van der Waals surface area contributed by atoms with E-state index in [-0.39, 0.29) is 0 Å². The fraction of sp³-hybridized carbons (Fsp3) is 0.259. The van der Waals surface area contributed by atoms with Crippen molar-refractivity contribution in [2.75, 3.05) is 53.5 Å². The Balaban J connectivity index is 1.10. The summed E-state index contributed by atoms with van der Waals surface area (Å²) in [6.07, 6.45) is 11.2. The van der Waals surface area contributed by atoms with Crippen LogP contribution in [0.1, 0.15) is 81.0 Å². The minimum absolute atomic E-state index is 0.348. The zero-order valence-electron chi connectivity index (χ0n) is 37.6. The first-order valence-corrected chi connectivity index (χ1v) is 30.1. The van der Waals surface area contributed by atoms with E-state index in [1.54, 1.807) is 28.4 Å². The average molecular weight is 1010 g/mol. The van der Waals surface area contributed by atoms with Crippen molar-refractivity contribution in [3.05, 3.63) is 145 Å². The van der Waals surface area contributed by atoms with E-state index in [2.05, 4.69) is 97.8 Å². The van der Waals surface area contributed by atoms with Gasteiger partial charge in [0.25, 0.3) is 0 Å². The van der Waals surface area contributed by atoms with Gasteiger partial charge in [0, 0.05) is 34.1 Å². The minimum atomic E-state index is 0.348. The fourth-order valence-corrected chi connectivity index (χ4v) is 22.2. The van der Waals surface area contributed by atoms with Gasteiger partial charge in [-0.05, 0) is 174 Å². The molecule has 0 N–H and O–H groups in total. The lowest BCUT2D eigenvalue weighted by Gasteiger charge is -2.24. The molecule has 4 atom stereocenters. The van der Waals surface area contributed by atoms with Gasteiger partial charge in [0.15, 0.2) is 23.0 Å². The molecule has 12 heteroatoms. The third-order valence-corrected chi connectivity index (χ3v) is 25.2. The highest BCUT2D eigenvalue weighted by Gasteiger charge is 2.44. The summed E-state index contributed by atoms with van der Waals surface area (Å²) in [6, 6.07) is 29.0. The Kier molecular flexibility index (Phi) is 10.5. The maximum absolute atomic E-state index is 5.78. The zero-order chi connectivity index (χ0) is 44.9. The van der Waals surface area contributed by atoms with E-state index in [1.165, 1.54) is 123 Å². The molecule has 66 heavy (non-hydrogen) atoms. The first-order chi connectivity index (χ1) is 32.3. The van der Waals surface area contributed by atoms with Crippen LogP contribution in [0, 0.1) is 0 Å². The van der Waals surface area contributed by atoms with E-state index in [4.69, 9.17) is 18.9 Å². The Hall–Kier alpha value is -3.20. The van der Waals surface area contributed by atoms with Gasteiger partial charge in [-0.15, -0.1) is 47.0 Å². The molecule has 0 spiro atoms. The molecule has 4 bridgehead atoms. The molecule has 0 aromatic heterocycles. The van der Waals surface area contributed by atoms with Crippen LogP contribution in [0.25, 0.3) is 51.6 Å². The molecule has 0 saturated carbocycles. The third kappa shape index (κ3) is 6.10. The van der Waals surface area contributed by atoms with E-state index in [0.29, 0.717) is 23.7 Å². The summed E-state index contributed by atoms with van der Waals surface area (Å²) in [4.78, 5) is 0. The quantitative estimate of drug-likeness (QED) is 0.136. The van der Waals surface area contributed by atoms with Crippen LogP contribution in [0.3, 0.4) is 0 Å². The predicted molar refractivity (Wildman–Crippen MR) is 297 cm³/mol. The van der Waals surface area contributed by atoms with Crippen molar-refractivity contribution in [3.8, 4) is 23.0 Å². The average Bonchev–Trinajstić information content (AvgIpc) is 4.22. The summed E-state index contributed by atoms with van der Waals surface area (Å²) in [5.74, 6) is 4.49. The molecule has 0 radical (unpaired) electrons. The normalized spacial score (nSPS) is 21.0. The Morgan fingerprint density at radius 1 is 0.348 bits per heavy atom. The largest absolute Gasteiger partial charge is 0.493 e. The van der Waals surface area contributed by atoms with E-state index in [1.807, 2.05) is 94.1 Å². The van der Waals surface area contributed by atoms with Crippen molar-refractivity contribution in [2.45, 2.75) is 36.5 Å². The van der Waals surface area contributed by atoms with Crippen LogP contribution in [0.4, 0.5) is 0 Å². The van der Waals surface area contributed by atoms with Crippen molar-refractivity contribution in [1.82, 2.24) is 0 Å². The van der Waals surface area contributed by atoms with Crippen LogP contribution in [-0.4, -0.2) is 53.5 Å². The maximum Gasteiger partial charge on any atom is 0.161 e. The zero-order valence-corrected chi connectivity index (χ0v) is 44.1. The second-order valence-corrected chi connectivity index (χ2v) is 26.4. The summed E-state index contributed by atoms with van der Waals surface area (Å²) >= 11 is 15.5. The molecule has 332 valence electrons. The molecule has 4 aliphatic carbocycles. The molecule has 0 amide bonds. The lowest BCUT2D eigenvalue weighted by Crippen LogP contribution is -2.19. The topological polar surface area (TPSA) is 36.9 Å². The number of rotatable bonds is 8. The van der Waals surface area contributed by atoms with Gasteiger partial charge >= 0.3 is 0 Å². The molecule has 2 aliphatic heterocycles. The molecule has 7 aromatic rings. The number of methoxy groups -OCH3 is 4. The maximum atomic E-state index is 5.78. The molecule has 4 unspecified atom stereocenters. The van der Waals surface area contributed by atoms with Gasteiger partial charge in [-0.3, -0.25) is 0 Å². The molecule has 13 rings (SSSR count). The highest BCUT2D eigenvalue weighted by molar-refractivity contribution is 8.46. The third-order valence-electron chi connectivity index (χ3n) is 14.8. The van der Waals surface area contributed by atoms with Crippen LogP contribution in [0.2, 0.25) is 0 Å². The van der Waals surface area contributed by atoms with Gasteiger partial charge in [0.05, 0.1) is 53.9 Å². The predicted octanol–water partition coefficient (Wildman–Crippen LogP) is 15.1. The lowest BCUT2D eigenvalue weighted by molar-refractivity contribution is 0.356. The van der Waals surface area contributed by atoms with Gasteiger partial charge < -0.3 is 18.9 Å². The Labute approximate surface area is 418 Å². The molecule has 4 nitrogen and oxygen atoms in total. The van der Waals surface area contributed by atoms with E-state index < -0.39 is 0 Å². The van der Waals surface area contributed by atoms with E-state index in [0.717, 1.165) is 35.8 Å². The summed E-state index contributed by atoms with van der Waals surface area (Å²) in [6.45, 7) is 0. The summed E-state index contributed by atoms with van der Waals surface area (Å²) < 4.78 is 31.5. The molecular formula is C54H44O4S8. The fourth-order valence-electron chi connectivity index (χ4n) is 12.0. The van der Waals surface area contributed by atoms with Crippen molar-refractivity contribution in [3.63, 3.8) is 0 Å². The van der Waals surface area contributed by atoms with E-state index >= 15 is 0 Å². The molecule has 2 heterocycles. The Morgan fingerprint density at radius 2 is 0.576 bits per heavy atom. The highest BCUT2D eigenvalue weighted by atomic mass is 32.3. The van der Waals surface area contributed by atoms with Crippen molar-refractivity contribution in [2.24, 2.45) is 0 Å². The van der Waals surface area contributed by atoms with Gasteiger partial charge in [-0.2, -0.15) is 0 Å². The number of hydrogen-bond acceptors (Lipinski definition) is 12. The monoisotopic (exact) mass is 1010 g/mol. The van der Waals surface area contributed by atoms with Gasteiger partial charge in [0.1, 0.15) is 0 Å². The molecule has 0 fully saturated rings. The number of hydrogen-bond donors (Lipinski definition) is 0. The van der Waals surface area contributed by atoms with Crippen LogP contribution < -0.4 is 29.4 Å². The van der Waals surface area contributed by atoms with Crippen LogP contribution in [0.15, 0.2) is 89.7 Å². The first-order valence-electron chi connectivity index (χ1n) is 21.9. The summed E-state index contributed by atoms with van der Waals surface area (Å²) in [5.41, 5.74) is 11.9. The SMILES string of the molecule is COc1cc2cc3c(cc2cc1OC)C1CC3c2cc3c(=C4SC(SC)=C(SC)S4)c4cc5c(cc4c(=C4SC(SC)=C(SC)S4)c3cc21)C1CC5c2cc3cc(OC)c(OC)cc3cc21. The minimum Gasteiger partial charge on any atom is -0.493 e. The van der Waals surface area contributed by atoms with Crippen molar-refractivity contribution >= 4 is 146 Å². The molecule has 6 aliphatic rings. The summed E-state index contributed by atoms with van der Waals surface area (Å²) in [5, 5.41) is 13.2. The number of fused-ring (bicyclic) bond motifs is 20. The summed E-state index contributed by atoms with van der Waals surface area (Å²) in [7, 11) is 6.91. The standard InChI is InChI=1S/C54H44O4S8/c1-55-43-13-23-9-27-28(10-24(23)14-44(43)56-2)32-17-31(27)35-19-39-40(20-36(32)35)48(50-65-53(61-7)54(62-8)66-50)42-22-38-34-18-33(29-11-25-15-45(57-3)46(58-4)16-26(25)12-30(29)34)37(38)21-41(42)47(39)49-63-51(59-5)52(60-6)64-49/h9-16,19-22,31-34H,17-18H2,1-8H3. The number of thioether (sulfide) groups is 8. The number of ether oxygens (including phenoxy) is 4. The lowest BCUT2D eigenvalue weighted by atomic mass is 9.81. The van der Waals surface area contributed by atoms with Gasteiger partial charge in [-0.1, -0.05) is 71.3 Å². The first kappa shape index (κ1) is 42.9.